The van der Waals surface area contributed by atoms with Crippen LogP contribution in [0.25, 0.3) is 0 Å². The van der Waals surface area contributed by atoms with Crippen LogP contribution in [-0.2, 0) is 4.79 Å². The minimum Gasteiger partial charge on any atom is -0.495 e. The number of piperidine rings is 1. The third-order valence-corrected chi connectivity index (χ3v) is 5.92. The van der Waals surface area contributed by atoms with Gasteiger partial charge in [-0.3, -0.25) is 4.79 Å². The SMILES string of the molecule is COc1ccc(Cl)cc1N1CCC(NC(=O)CC(C)C2CCCNC2)C1.Cl.Cl. The lowest BCUT2D eigenvalue weighted by molar-refractivity contribution is -0.122. The van der Waals surface area contributed by atoms with Crippen LogP contribution in [0.2, 0.25) is 5.02 Å². The molecule has 5 nitrogen and oxygen atoms in total. The molecule has 1 amide bonds. The number of nitrogens with zero attached hydrogens (tertiary/aromatic N) is 1. The Kier molecular flexibility index (Phi) is 10.7. The first-order chi connectivity index (χ1) is 12.6. The van der Waals surface area contributed by atoms with Crippen molar-refractivity contribution in [1.82, 2.24) is 10.6 Å². The normalized spacial score (nSPS) is 22.6. The molecular formula is C20H32Cl3N3O2. The zero-order valence-corrected chi connectivity index (χ0v) is 19.0. The molecule has 0 aliphatic carbocycles. The maximum atomic E-state index is 12.5. The number of ether oxygens (including phenoxy) is 1. The minimum absolute atomic E-state index is 0. The van der Waals surface area contributed by atoms with Crippen LogP contribution in [0.4, 0.5) is 5.69 Å². The molecule has 2 saturated heterocycles. The van der Waals surface area contributed by atoms with Gasteiger partial charge in [-0.25, -0.2) is 0 Å². The molecule has 2 N–H and O–H groups in total. The average Bonchev–Trinajstić information content (AvgIpc) is 3.10. The van der Waals surface area contributed by atoms with Gasteiger partial charge in [-0.2, -0.15) is 0 Å². The Bertz CT molecular complexity index is 627. The fourth-order valence-corrected chi connectivity index (χ4v) is 4.28. The molecule has 3 unspecified atom stereocenters. The van der Waals surface area contributed by atoms with E-state index in [4.69, 9.17) is 16.3 Å². The fourth-order valence-electron chi connectivity index (χ4n) is 4.12. The molecular weight excluding hydrogens is 421 g/mol. The zero-order valence-electron chi connectivity index (χ0n) is 16.6. The number of hydrogen-bond donors (Lipinski definition) is 2. The van der Waals surface area contributed by atoms with E-state index in [2.05, 4.69) is 22.5 Å². The second-order valence-corrected chi connectivity index (χ2v) is 8.04. The summed E-state index contributed by atoms with van der Waals surface area (Å²) in [5.74, 6) is 2.03. The first kappa shape index (κ1) is 25.2. The molecule has 3 atom stereocenters. The quantitative estimate of drug-likeness (QED) is 0.687. The Morgan fingerprint density at radius 2 is 2.18 bits per heavy atom. The first-order valence-electron chi connectivity index (χ1n) is 9.65. The van der Waals surface area contributed by atoms with Gasteiger partial charge in [0.1, 0.15) is 5.75 Å². The molecule has 28 heavy (non-hydrogen) atoms. The predicted octanol–water partition coefficient (Wildman–Crippen LogP) is 3.91. The third kappa shape index (κ3) is 6.58. The van der Waals surface area contributed by atoms with Crippen molar-refractivity contribution in [3.63, 3.8) is 0 Å². The maximum Gasteiger partial charge on any atom is 0.220 e. The van der Waals surface area contributed by atoms with Crippen molar-refractivity contribution in [2.75, 3.05) is 38.2 Å². The maximum absolute atomic E-state index is 12.5. The summed E-state index contributed by atoms with van der Waals surface area (Å²) in [5, 5.41) is 7.36. The van der Waals surface area contributed by atoms with Crippen LogP contribution in [0.15, 0.2) is 18.2 Å². The van der Waals surface area contributed by atoms with Gasteiger partial charge in [0.2, 0.25) is 5.91 Å². The lowest BCUT2D eigenvalue weighted by Gasteiger charge is -2.28. The summed E-state index contributed by atoms with van der Waals surface area (Å²) in [6, 6.07) is 5.84. The fraction of sp³-hybridized carbons (Fsp3) is 0.650. The predicted molar refractivity (Wildman–Crippen MR) is 121 cm³/mol. The molecule has 160 valence electrons. The summed E-state index contributed by atoms with van der Waals surface area (Å²) >= 11 is 6.15. The Morgan fingerprint density at radius 3 is 2.86 bits per heavy atom. The van der Waals surface area contributed by atoms with Crippen LogP contribution >= 0.6 is 36.4 Å². The molecule has 0 saturated carbocycles. The summed E-state index contributed by atoms with van der Waals surface area (Å²) in [4.78, 5) is 14.7. The molecule has 1 aromatic carbocycles. The second-order valence-electron chi connectivity index (χ2n) is 7.60. The zero-order chi connectivity index (χ0) is 18.5. The number of anilines is 1. The van der Waals surface area contributed by atoms with Crippen LogP contribution in [0.1, 0.15) is 32.6 Å². The van der Waals surface area contributed by atoms with Gasteiger partial charge in [0.15, 0.2) is 0 Å². The number of hydrogen-bond acceptors (Lipinski definition) is 4. The summed E-state index contributed by atoms with van der Waals surface area (Å²) < 4.78 is 5.46. The molecule has 2 fully saturated rings. The standard InChI is InChI=1S/C20H30ClN3O2.2ClH/c1-14(15-4-3-8-22-12-15)10-20(25)23-17-7-9-24(13-17)18-11-16(21)5-6-19(18)26-2;;/h5-6,11,14-15,17,22H,3-4,7-10,12-13H2,1-2H3,(H,23,25);2*1H. The van der Waals surface area contributed by atoms with Crippen molar-refractivity contribution in [3.05, 3.63) is 23.2 Å². The Morgan fingerprint density at radius 1 is 1.39 bits per heavy atom. The topological polar surface area (TPSA) is 53.6 Å². The Balaban J connectivity index is 0.00000196. The summed E-state index contributed by atoms with van der Waals surface area (Å²) in [5.41, 5.74) is 0.999. The number of carbonyl (C=O) groups is 1. The molecule has 1 aromatic rings. The van der Waals surface area contributed by atoms with Gasteiger partial charge in [-0.1, -0.05) is 18.5 Å². The van der Waals surface area contributed by atoms with Gasteiger partial charge in [0, 0.05) is 30.6 Å². The Labute approximate surface area is 185 Å². The molecule has 0 radical (unpaired) electrons. The van der Waals surface area contributed by atoms with Crippen LogP contribution in [0, 0.1) is 11.8 Å². The lowest BCUT2D eigenvalue weighted by atomic mass is 9.85. The number of halogens is 3. The van der Waals surface area contributed by atoms with Crippen LogP contribution in [0.5, 0.6) is 5.75 Å². The van der Waals surface area contributed by atoms with Crippen molar-refractivity contribution in [2.45, 2.75) is 38.6 Å². The monoisotopic (exact) mass is 451 g/mol. The smallest absolute Gasteiger partial charge is 0.220 e. The van der Waals surface area contributed by atoms with Crippen molar-refractivity contribution in [3.8, 4) is 5.75 Å². The van der Waals surface area contributed by atoms with Crippen molar-refractivity contribution < 1.29 is 9.53 Å². The van der Waals surface area contributed by atoms with E-state index in [9.17, 15) is 4.79 Å². The van der Waals surface area contributed by atoms with Gasteiger partial charge in [-0.05, 0) is 62.4 Å². The molecule has 0 bridgehead atoms. The molecule has 2 aliphatic heterocycles. The summed E-state index contributed by atoms with van der Waals surface area (Å²) in [6.07, 6.45) is 4.01. The van der Waals surface area contributed by atoms with Crippen molar-refractivity contribution in [1.29, 1.82) is 0 Å². The molecule has 8 heteroatoms. The van der Waals surface area contributed by atoms with Crippen LogP contribution < -0.4 is 20.3 Å². The highest BCUT2D eigenvalue weighted by molar-refractivity contribution is 6.30. The number of amides is 1. The highest BCUT2D eigenvalue weighted by Crippen LogP contribution is 2.33. The number of rotatable bonds is 6. The number of carbonyl (C=O) groups excluding carboxylic acids is 1. The van der Waals surface area contributed by atoms with Gasteiger partial charge in [-0.15, -0.1) is 24.8 Å². The molecule has 3 rings (SSSR count). The largest absolute Gasteiger partial charge is 0.495 e. The molecule has 2 aliphatic rings. The van der Waals surface area contributed by atoms with Gasteiger partial charge in [0.05, 0.1) is 12.8 Å². The second kappa shape index (κ2) is 12.0. The van der Waals surface area contributed by atoms with Gasteiger partial charge in [0.25, 0.3) is 0 Å². The van der Waals surface area contributed by atoms with Crippen LogP contribution in [-0.4, -0.2) is 45.2 Å². The number of nitrogens with one attached hydrogen (secondary N) is 2. The summed E-state index contributed by atoms with van der Waals surface area (Å²) in [7, 11) is 1.67. The molecule has 0 spiro atoms. The van der Waals surface area contributed by atoms with Crippen LogP contribution in [0.3, 0.4) is 0 Å². The van der Waals surface area contributed by atoms with E-state index in [-0.39, 0.29) is 36.8 Å². The summed E-state index contributed by atoms with van der Waals surface area (Å²) in [6.45, 7) is 6.04. The van der Waals surface area contributed by atoms with E-state index in [0.717, 1.165) is 44.0 Å². The Hall–Kier alpha value is -0.880. The van der Waals surface area contributed by atoms with Gasteiger partial charge >= 0.3 is 0 Å². The van der Waals surface area contributed by atoms with E-state index in [1.165, 1.54) is 12.8 Å². The average molecular weight is 453 g/mol. The van der Waals surface area contributed by atoms with E-state index in [1.54, 1.807) is 7.11 Å². The first-order valence-corrected chi connectivity index (χ1v) is 10.0. The molecule has 0 aromatic heterocycles. The van der Waals surface area contributed by atoms with E-state index in [1.807, 2.05) is 18.2 Å². The number of benzene rings is 1. The highest BCUT2D eigenvalue weighted by atomic mass is 35.5. The lowest BCUT2D eigenvalue weighted by Crippen LogP contribution is -2.40. The van der Waals surface area contributed by atoms with Crippen molar-refractivity contribution in [2.24, 2.45) is 11.8 Å². The minimum atomic E-state index is 0. The van der Waals surface area contributed by atoms with E-state index in [0.29, 0.717) is 23.3 Å². The third-order valence-electron chi connectivity index (χ3n) is 5.68. The van der Waals surface area contributed by atoms with E-state index >= 15 is 0 Å². The van der Waals surface area contributed by atoms with Gasteiger partial charge < -0.3 is 20.3 Å². The molecule has 2 heterocycles. The van der Waals surface area contributed by atoms with E-state index < -0.39 is 0 Å². The van der Waals surface area contributed by atoms with Crippen molar-refractivity contribution >= 4 is 48.0 Å². The highest BCUT2D eigenvalue weighted by Gasteiger charge is 2.28. The number of methoxy groups -OCH3 is 1.